The molecule has 1 aromatic rings. The van der Waals surface area contributed by atoms with Gasteiger partial charge in [-0.15, -0.1) is 0 Å². The van der Waals surface area contributed by atoms with Crippen LogP contribution in [0.25, 0.3) is 0 Å². The fraction of sp³-hybridized carbons (Fsp3) is 0.700. The topological polar surface area (TPSA) is 29.9 Å². The van der Waals surface area contributed by atoms with Crippen LogP contribution in [0.4, 0.5) is 0 Å². The van der Waals surface area contributed by atoms with E-state index in [4.69, 9.17) is 0 Å². The van der Waals surface area contributed by atoms with Gasteiger partial charge in [-0.25, -0.2) is 0 Å². The maximum absolute atomic E-state index is 4.41. The van der Waals surface area contributed by atoms with Crippen molar-refractivity contribution >= 4 is 0 Å². The first-order valence-electron chi connectivity index (χ1n) is 4.85. The van der Waals surface area contributed by atoms with Crippen molar-refractivity contribution in [1.82, 2.24) is 15.1 Å². The van der Waals surface area contributed by atoms with E-state index in [1.807, 2.05) is 25.0 Å². The first-order chi connectivity index (χ1) is 6.19. The molecule has 0 aliphatic rings. The zero-order valence-electron chi connectivity index (χ0n) is 8.91. The Balaban J connectivity index is 2.77. The number of nitrogens with one attached hydrogen (secondary N) is 1. The lowest BCUT2D eigenvalue weighted by molar-refractivity contribution is 0.390. The highest BCUT2D eigenvalue weighted by Gasteiger charge is 2.17. The van der Waals surface area contributed by atoms with E-state index in [2.05, 4.69) is 30.3 Å². The third-order valence-electron chi connectivity index (χ3n) is 2.58. The Morgan fingerprint density at radius 1 is 1.62 bits per heavy atom. The second kappa shape index (κ2) is 4.42. The molecule has 3 nitrogen and oxygen atoms in total. The molecule has 0 amide bonds. The van der Waals surface area contributed by atoms with Crippen molar-refractivity contribution in [2.75, 3.05) is 7.05 Å². The minimum absolute atomic E-state index is 0.381. The molecular weight excluding hydrogens is 162 g/mol. The molecule has 0 aliphatic heterocycles. The second-order valence-electron chi connectivity index (χ2n) is 3.57. The van der Waals surface area contributed by atoms with Crippen molar-refractivity contribution in [1.29, 1.82) is 0 Å². The first-order valence-corrected chi connectivity index (χ1v) is 4.85. The molecule has 13 heavy (non-hydrogen) atoms. The van der Waals surface area contributed by atoms with Crippen LogP contribution < -0.4 is 5.32 Å². The predicted molar refractivity (Wildman–Crippen MR) is 54.5 cm³/mol. The minimum Gasteiger partial charge on any atom is -0.311 e. The SMILES string of the molecule is CCC(C)C(NC)c1ccn(C)n1. The van der Waals surface area contributed by atoms with E-state index in [-0.39, 0.29) is 0 Å². The highest BCUT2D eigenvalue weighted by atomic mass is 15.3. The van der Waals surface area contributed by atoms with Crippen molar-refractivity contribution in [3.63, 3.8) is 0 Å². The molecule has 0 aromatic carbocycles. The molecular formula is C10H19N3. The Labute approximate surface area is 80.1 Å². The number of aromatic nitrogens is 2. The second-order valence-corrected chi connectivity index (χ2v) is 3.57. The maximum Gasteiger partial charge on any atom is 0.0796 e. The highest BCUT2D eigenvalue weighted by Crippen LogP contribution is 2.21. The van der Waals surface area contributed by atoms with E-state index in [9.17, 15) is 0 Å². The molecule has 1 heterocycles. The summed E-state index contributed by atoms with van der Waals surface area (Å²) in [7, 11) is 3.94. The normalized spacial score (nSPS) is 15.7. The van der Waals surface area contributed by atoms with Gasteiger partial charge in [0.2, 0.25) is 0 Å². The average Bonchev–Trinajstić information content (AvgIpc) is 2.53. The molecule has 3 heteroatoms. The van der Waals surface area contributed by atoms with Crippen molar-refractivity contribution in [3.05, 3.63) is 18.0 Å². The van der Waals surface area contributed by atoms with Crippen LogP contribution in [0.1, 0.15) is 32.0 Å². The van der Waals surface area contributed by atoms with Crippen LogP contribution in [0.2, 0.25) is 0 Å². The van der Waals surface area contributed by atoms with Gasteiger partial charge < -0.3 is 5.32 Å². The highest BCUT2D eigenvalue weighted by molar-refractivity contribution is 5.06. The predicted octanol–water partition coefficient (Wildman–Crippen LogP) is 1.73. The molecule has 2 atom stereocenters. The van der Waals surface area contributed by atoms with Crippen LogP contribution in [-0.4, -0.2) is 16.8 Å². The summed E-state index contributed by atoms with van der Waals surface area (Å²) in [4.78, 5) is 0. The van der Waals surface area contributed by atoms with Gasteiger partial charge in [0.15, 0.2) is 0 Å². The lowest BCUT2D eigenvalue weighted by atomic mass is 9.97. The Hall–Kier alpha value is -0.830. The number of hydrogen-bond acceptors (Lipinski definition) is 2. The maximum atomic E-state index is 4.41. The molecule has 0 bridgehead atoms. The quantitative estimate of drug-likeness (QED) is 0.766. The fourth-order valence-corrected chi connectivity index (χ4v) is 1.56. The van der Waals surface area contributed by atoms with Crippen LogP contribution in [0, 0.1) is 5.92 Å². The van der Waals surface area contributed by atoms with Gasteiger partial charge in [0.05, 0.1) is 11.7 Å². The number of rotatable bonds is 4. The molecule has 0 saturated carbocycles. The van der Waals surface area contributed by atoms with Gasteiger partial charge in [0.25, 0.3) is 0 Å². The zero-order chi connectivity index (χ0) is 9.84. The zero-order valence-corrected chi connectivity index (χ0v) is 8.91. The molecule has 0 radical (unpaired) electrons. The van der Waals surface area contributed by atoms with E-state index < -0.39 is 0 Å². The summed E-state index contributed by atoms with van der Waals surface area (Å²) in [5.74, 6) is 0.625. The van der Waals surface area contributed by atoms with Gasteiger partial charge in [0.1, 0.15) is 0 Å². The van der Waals surface area contributed by atoms with Crippen molar-refractivity contribution in [2.24, 2.45) is 13.0 Å². The number of hydrogen-bond donors (Lipinski definition) is 1. The van der Waals surface area contributed by atoms with Crippen molar-refractivity contribution in [2.45, 2.75) is 26.3 Å². The van der Waals surface area contributed by atoms with Crippen molar-refractivity contribution in [3.8, 4) is 0 Å². The molecule has 74 valence electrons. The molecule has 0 spiro atoms. The Morgan fingerprint density at radius 2 is 2.31 bits per heavy atom. The summed E-state index contributed by atoms with van der Waals surface area (Å²) < 4.78 is 1.85. The summed E-state index contributed by atoms with van der Waals surface area (Å²) in [5.41, 5.74) is 1.14. The smallest absolute Gasteiger partial charge is 0.0796 e. The summed E-state index contributed by atoms with van der Waals surface area (Å²) in [6.07, 6.45) is 3.16. The van der Waals surface area contributed by atoms with E-state index in [0.717, 1.165) is 5.69 Å². The van der Waals surface area contributed by atoms with E-state index >= 15 is 0 Å². The summed E-state index contributed by atoms with van der Waals surface area (Å²) >= 11 is 0. The van der Waals surface area contributed by atoms with Gasteiger partial charge in [-0.05, 0) is 19.0 Å². The largest absolute Gasteiger partial charge is 0.311 e. The fourth-order valence-electron chi connectivity index (χ4n) is 1.56. The standard InChI is InChI=1S/C10H19N3/c1-5-8(2)10(11-3)9-6-7-13(4)12-9/h6-8,10-11H,5H2,1-4H3. The summed E-state index contributed by atoms with van der Waals surface area (Å²) in [5, 5.41) is 7.71. The van der Waals surface area contributed by atoms with Crippen LogP contribution in [-0.2, 0) is 7.05 Å². The summed E-state index contributed by atoms with van der Waals surface area (Å²) in [6.45, 7) is 4.45. The third kappa shape index (κ3) is 2.31. The van der Waals surface area contributed by atoms with Crippen LogP contribution in [0.5, 0.6) is 0 Å². The molecule has 1 N–H and O–H groups in total. The molecule has 0 fully saturated rings. The molecule has 1 rings (SSSR count). The lowest BCUT2D eigenvalue weighted by Crippen LogP contribution is -2.23. The molecule has 0 aliphatic carbocycles. The Bertz CT molecular complexity index is 254. The monoisotopic (exact) mass is 181 g/mol. The van der Waals surface area contributed by atoms with Gasteiger partial charge in [0, 0.05) is 13.2 Å². The number of aryl methyl sites for hydroxylation is 1. The van der Waals surface area contributed by atoms with Crippen molar-refractivity contribution < 1.29 is 0 Å². The Kier molecular flexibility index (Phi) is 3.48. The molecule has 2 unspecified atom stereocenters. The molecule has 0 saturated heterocycles. The minimum atomic E-state index is 0.381. The van der Waals surface area contributed by atoms with E-state index in [1.165, 1.54) is 6.42 Å². The van der Waals surface area contributed by atoms with Gasteiger partial charge in [-0.3, -0.25) is 4.68 Å². The van der Waals surface area contributed by atoms with Crippen LogP contribution >= 0.6 is 0 Å². The van der Waals surface area contributed by atoms with Crippen LogP contribution in [0.15, 0.2) is 12.3 Å². The van der Waals surface area contributed by atoms with Gasteiger partial charge >= 0.3 is 0 Å². The van der Waals surface area contributed by atoms with Gasteiger partial charge in [-0.2, -0.15) is 5.10 Å². The third-order valence-corrected chi connectivity index (χ3v) is 2.58. The average molecular weight is 181 g/mol. The van der Waals surface area contributed by atoms with E-state index in [1.54, 1.807) is 0 Å². The molecule has 1 aromatic heterocycles. The van der Waals surface area contributed by atoms with Crippen LogP contribution in [0.3, 0.4) is 0 Å². The summed E-state index contributed by atoms with van der Waals surface area (Å²) in [6, 6.07) is 2.46. The Morgan fingerprint density at radius 3 is 2.69 bits per heavy atom. The first kappa shape index (κ1) is 10.3. The lowest BCUT2D eigenvalue weighted by Gasteiger charge is -2.20. The van der Waals surface area contributed by atoms with E-state index in [0.29, 0.717) is 12.0 Å². The van der Waals surface area contributed by atoms with Gasteiger partial charge in [-0.1, -0.05) is 20.3 Å². The number of nitrogens with zero attached hydrogens (tertiary/aromatic N) is 2.